The van der Waals surface area contributed by atoms with Gasteiger partial charge in [-0.2, -0.15) is 0 Å². The molecule has 2 rings (SSSR count). The molecule has 1 amide bonds. The van der Waals surface area contributed by atoms with Crippen LogP contribution < -0.4 is 11.1 Å². The molecule has 1 saturated carbocycles. The Morgan fingerprint density at radius 2 is 1.61 bits per heavy atom. The van der Waals surface area contributed by atoms with Gasteiger partial charge in [0.25, 0.3) is 0 Å². The molecule has 0 aromatic heterocycles. The van der Waals surface area contributed by atoms with Gasteiger partial charge in [0.05, 0.1) is 5.54 Å². The van der Waals surface area contributed by atoms with Crippen molar-refractivity contribution < 1.29 is 4.79 Å². The van der Waals surface area contributed by atoms with E-state index in [0.29, 0.717) is 6.04 Å². The third-order valence-electron chi connectivity index (χ3n) is 6.48. The number of aliphatic imine (C=N–C) groups is 1. The molecule has 0 unspecified atom stereocenters. The maximum Gasteiger partial charge on any atom is 0.237 e. The van der Waals surface area contributed by atoms with E-state index in [9.17, 15) is 4.79 Å². The Kier molecular flexibility index (Phi) is 4.43. The van der Waals surface area contributed by atoms with Gasteiger partial charge in [-0.05, 0) is 24.7 Å². The molecule has 1 aliphatic carbocycles. The summed E-state index contributed by atoms with van der Waals surface area (Å²) < 4.78 is 0. The van der Waals surface area contributed by atoms with E-state index in [1.165, 1.54) is 0 Å². The normalized spacial score (nSPS) is 25.3. The Hall–Kier alpha value is -1.30. The first kappa shape index (κ1) is 18.0. The minimum absolute atomic E-state index is 0.269. The van der Waals surface area contributed by atoms with Crippen LogP contribution >= 0.6 is 0 Å². The summed E-state index contributed by atoms with van der Waals surface area (Å²) in [5, 5.41) is 3.63. The maximum atomic E-state index is 11.6. The SMILES string of the molecule is CN=C(NC1C(C)(C)C1(C)C)N1CCN(C(C)(C)C(N)=O)CC1. The average Bonchev–Trinajstić information content (AvgIpc) is 2.86. The molecule has 2 fully saturated rings. The number of rotatable bonds is 3. The zero-order valence-corrected chi connectivity index (χ0v) is 15.7. The van der Waals surface area contributed by atoms with Gasteiger partial charge in [-0.3, -0.25) is 14.7 Å². The maximum absolute atomic E-state index is 11.6. The number of carbonyl (C=O) groups is 1. The predicted octanol–water partition coefficient (Wildman–Crippen LogP) is 0.878. The van der Waals surface area contributed by atoms with Gasteiger partial charge >= 0.3 is 0 Å². The molecule has 132 valence electrons. The van der Waals surface area contributed by atoms with E-state index in [0.717, 1.165) is 32.1 Å². The number of nitrogens with two attached hydrogens (primary N) is 1. The summed E-state index contributed by atoms with van der Waals surface area (Å²) in [6.45, 7) is 16.3. The largest absolute Gasteiger partial charge is 0.368 e. The molecular weight excluding hydrogens is 290 g/mol. The minimum Gasteiger partial charge on any atom is -0.368 e. The summed E-state index contributed by atoms with van der Waals surface area (Å²) in [6.07, 6.45) is 0. The first-order valence-electron chi connectivity index (χ1n) is 8.49. The summed E-state index contributed by atoms with van der Waals surface area (Å²) in [7, 11) is 1.84. The second-order valence-corrected chi connectivity index (χ2v) is 8.47. The van der Waals surface area contributed by atoms with E-state index in [-0.39, 0.29) is 16.7 Å². The van der Waals surface area contributed by atoms with E-state index in [1.54, 1.807) is 0 Å². The van der Waals surface area contributed by atoms with Gasteiger partial charge in [0.15, 0.2) is 5.96 Å². The minimum atomic E-state index is -0.594. The van der Waals surface area contributed by atoms with Gasteiger partial charge in [-0.1, -0.05) is 27.7 Å². The van der Waals surface area contributed by atoms with Crippen LogP contribution in [0.3, 0.4) is 0 Å². The summed E-state index contributed by atoms with van der Waals surface area (Å²) in [4.78, 5) is 20.5. The monoisotopic (exact) mass is 323 g/mol. The molecule has 0 aromatic carbocycles. The number of nitrogens with zero attached hydrogens (tertiary/aromatic N) is 3. The van der Waals surface area contributed by atoms with E-state index >= 15 is 0 Å². The first-order chi connectivity index (χ1) is 10.5. The molecule has 1 saturated heterocycles. The van der Waals surface area contributed by atoms with Gasteiger partial charge in [-0.25, -0.2) is 0 Å². The van der Waals surface area contributed by atoms with Crippen LogP contribution in [0.4, 0.5) is 0 Å². The number of nitrogens with one attached hydrogen (secondary N) is 1. The van der Waals surface area contributed by atoms with Crippen molar-refractivity contribution in [1.82, 2.24) is 15.1 Å². The topological polar surface area (TPSA) is 74.0 Å². The highest BCUT2D eigenvalue weighted by Crippen LogP contribution is 2.62. The second kappa shape index (κ2) is 5.65. The third kappa shape index (κ3) is 2.93. The van der Waals surface area contributed by atoms with Crippen molar-refractivity contribution in [2.24, 2.45) is 21.6 Å². The molecule has 0 atom stereocenters. The van der Waals surface area contributed by atoms with Gasteiger partial charge in [-0.15, -0.1) is 0 Å². The highest BCUT2D eigenvalue weighted by atomic mass is 16.1. The lowest BCUT2D eigenvalue weighted by molar-refractivity contribution is -0.129. The Morgan fingerprint density at radius 3 is 1.96 bits per heavy atom. The molecule has 0 aromatic rings. The predicted molar refractivity (Wildman–Crippen MR) is 94.3 cm³/mol. The van der Waals surface area contributed by atoms with Crippen molar-refractivity contribution in [3.05, 3.63) is 0 Å². The lowest BCUT2D eigenvalue weighted by Gasteiger charge is -2.43. The van der Waals surface area contributed by atoms with Crippen molar-refractivity contribution in [2.75, 3.05) is 33.2 Å². The number of carbonyl (C=O) groups excluding carboxylic acids is 1. The third-order valence-corrected chi connectivity index (χ3v) is 6.48. The molecule has 0 spiro atoms. The molecule has 2 aliphatic rings. The summed E-state index contributed by atoms with van der Waals surface area (Å²) in [5.74, 6) is 0.695. The lowest BCUT2D eigenvalue weighted by atomic mass is 10.0. The molecule has 1 heterocycles. The summed E-state index contributed by atoms with van der Waals surface area (Å²) in [5.41, 5.74) is 5.48. The van der Waals surface area contributed by atoms with Crippen molar-refractivity contribution in [3.8, 4) is 0 Å². The van der Waals surface area contributed by atoms with Crippen LogP contribution in [0.25, 0.3) is 0 Å². The molecular formula is C17H33N5O. The van der Waals surface area contributed by atoms with Crippen LogP contribution in [0.5, 0.6) is 0 Å². The Morgan fingerprint density at radius 1 is 1.13 bits per heavy atom. The van der Waals surface area contributed by atoms with Crippen LogP contribution in [0.15, 0.2) is 4.99 Å². The summed E-state index contributed by atoms with van der Waals surface area (Å²) in [6, 6.07) is 0.439. The molecule has 1 aliphatic heterocycles. The van der Waals surface area contributed by atoms with Crippen molar-refractivity contribution in [3.63, 3.8) is 0 Å². The molecule has 3 N–H and O–H groups in total. The van der Waals surface area contributed by atoms with E-state index in [2.05, 4.69) is 47.8 Å². The smallest absolute Gasteiger partial charge is 0.237 e. The first-order valence-corrected chi connectivity index (χ1v) is 8.49. The second-order valence-electron chi connectivity index (χ2n) is 8.47. The van der Waals surface area contributed by atoms with Crippen molar-refractivity contribution >= 4 is 11.9 Å². The highest BCUT2D eigenvalue weighted by molar-refractivity contribution is 5.84. The zero-order valence-electron chi connectivity index (χ0n) is 15.7. The van der Waals surface area contributed by atoms with Gasteiger partial charge in [0.1, 0.15) is 0 Å². The molecule has 0 radical (unpaired) electrons. The number of piperazine rings is 1. The quantitative estimate of drug-likeness (QED) is 0.597. The Labute approximate surface area is 140 Å². The van der Waals surface area contributed by atoms with E-state index in [4.69, 9.17) is 5.73 Å². The van der Waals surface area contributed by atoms with Gasteiger partial charge < -0.3 is 16.0 Å². The zero-order chi connectivity index (χ0) is 17.6. The number of primary amides is 1. The fourth-order valence-electron chi connectivity index (χ4n) is 3.62. The fraction of sp³-hybridized carbons (Fsp3) is 0.882. The van der Waals surface area contributed by atoms with E-state index < -0.39 is 5.54 Å². The van der Waals surface area contributed by atoms with Crippen LogP contribution in [-0.2, 0) is 4.79 Å². The molecule has 0 bridgehead atoms. The molecule has 23 heavy (non-hydrogen) atoms. The standard InChI is InChI=1S/C17H33N5O/c1-15(2)12(16(15,3)4)20-14(19-7)21-8-10-22(11-9-21)17(5,6)13(18)23/h12H,8-11H2,1-7H3,(H2,18,23)(H,19,20). The average molecular weight is 323 g/mol. The Balaban J connectivity index is 1.95. The van der Waals surface area contributed by atoms with Crippen molar-refractivity contribution in [1.29, 1.82) is 0 Å². The number of amides is 1. The summed E-state index contributed by atoms with van der Waals surface area (Å²) >= 11 is 0. The van der Waals surface area contributed by atoms with Gasteiger partial charge in [0.2, 0.25) is 5.91 Å². The van der Waals surface area contributed by atoms with Crippen LogP contribution in [-0.4, -0.2) is 66.5 Å². The van der Waals surface area contributed by atoms with Crippen molar-refractivity contribution in [2.45, 2.75) is 53.1 Å². The van der Waals surface area contributed by atoms with Crippen LogP contribution in [0.1, 0.15) is 41.5 Å². The van der Waals surface area contributed by atoms with Crippen LogP contribution in [0.2, 0.25) is 0 Å². The molecule has 6 nitrogen and oxygen atoms in total. The lowest BCUT2D eigenvalue weighted by Crippen LogP contribution is -2.61. The number of hydrogen-bond acceptors (Lipinski definition) is 3. The van der Waals surface area contributed by atoms with E-state index in [1.807, 2.05) is 20.9 Å². The van der Waals surface area contributed by atoms with Crippen LogP contribution in [0, 0.1) is 10.8 Å². The Bertz CT molecular complexity index is 487. The molecule has 6 heteroatoms. The van der Waals surface area contributed by atoms with Gasteiger partial charge in [0, 0.05) is 39.3 Å². The number of guanidine groups is 1. The number of hydrogen-bond donors (Lipinski definition) is 2. The fourth-order valence-corrected chi connectivity index (χ4v) is 3.62. The highest BCUT2D eigenvalue weighted by Gasteiger charge is 2.65.